The van der Waals surface area contributed by atoms with Crippen LogP contribution in [0, 0.1) is 5.41 Å². The summed E-state index contributed by atoms with van der Waals surface area (Å²) in [6.45, 7) is 4.62. The first-order chi connectivity index (χ1) is 9.22. The fraction of sp³-hybridized carbons (Fsp3) is 0.600. The topological polar surface area (TPSA) is 30.5 Å². The van der Waals surface area contributed by atoms with E-state index in [1.54, 1.807) is 0 Å². The summed E-state index contributed by atoms with van der Waals surface area (Å²) in [5, 5.41) is 3.60. The molecule has 3 nitrogen and oxygen atoms in total. The van der Waals surface area contributed by atoms with Crippen LogP contribution in [0.3, 0.4) is 0 Å². The fourth-order valence-corrected chi connectivity index (χ4v) is 3.35. The normalized spacial score (nSPS) is 19.3. The number of rotatable bonds is 5. The van der Waals surface area contributed by atoms with Crippen molar-refractivity contribution in [3.63, 3.8) is 0 Å². The first-order valence-corrected chi connectivity index (χ1v) is 7.80. The fourth-order valence-electron chi connectivity index (χ4n) is 2.89. The molecular formula is C15H20BrNO2. The minimum atomic E-state index is 0.331. The van der Waals surface area contributed by atoms with Gasteiger partial charge in [-0.25, -0.2) is 0 Å². The zero-order valence-electron chi connectivity index (χ0n) is 11.3. The monoisotopic (exact) mass is 325 g/mol. The number of halogens is 1. The summed E-state index contributed by atoms with van der Waals surface area (Å²) in [6.07, 6.45) is 5.42. The molecule has 1 fully saturated rings. The highest BCUT2D eigenvalue weighted by molar-refractivity contribution is 9.10. The zero-order valence-corrected chi connectivity index (χ0v) is 12.9. The smallest absolute Gasteiger partial charge is 0.231 e. The SMILES string of the molecule is CCC1(CNCc2cc3c(cc2Br)OCO3)CCC1. The van der Waals surface area contributed by atoms with Gasteiger partial charge in [-0.15, -0.1) is 0 Å². The van der Waals surface area contributed by atoms with Crippen molar-refractivity contribution in [2.24, 2.45) is 5.41 Å². The Morgan fingerprint density at radius 2 is 2.00 bits per heavy atom. The number of benzene rings is 1. The highest BCUT2D eigenvalue weighted by Crippen LogP contribution is 2.43. The molecule has 4 heteroatoms. The molecule has 1 heterocycles. The molecule has 0 bridgehead atoms. The Hall–Kier alpha value is -0.740. The van der Waals surface area contributed by atoms with E-state index in [1.807, 2.05) is 6.07 Å². The summed E-state index contributed by atoms with van der Waals surface area (Å²) < 4.78 is 11.9. The molecule has 0 atom stereocenters. The summed E-state index contributed by atoms with van der Waals surface area (Å²) in [5.41, 5.74) is 1.79. The van der Waals surface area contributed by atoms with Crippen LogP contribution < -0.4 is 14.8 Å². The lowest BCUT2D eigenvalue weighted by atomic mass is 9.67. The van der Waals surface area contributed by atoms with E-state index in [1.165, 1.54) is 31.2 Å². The minimum absolute atomic E-state index is 0.331. The van der Waals surface area contributed by atoms with Crippen molar-refractivity contribution in [2.75, 3.05) is 13.3 Å². The first kappa shape index (κ1) is 13.3. The third-order valence-electron chi connectivity index (χ3n) is 4.52. The van der Waals surface area contributed by atoms with Crippen LogP contribution in [0.4, 0.5) is 0 Å². The average Bonchev–Trinajstić information content (AvgIpc) is 2.79. The van der Waals surface area contributed by atoms with Gasteiger partial charge in [0, 0.05) is 17.6 Å². The summed E-state index contributed by atoms with van der Waals surface area (Å²) in [7, 11) is 0. The van der Waals surface area contributed by atoms with Crippen LogP contribution in [0.15, 0.2) is 16.6 Å². The summed E-state index contributed by atoms with van der Waals surface area (Å²) in [6, 6.07) is 4.07. The van der Waals surface area contributed by atoms with E-state index in [0.29, 0.717) is 12.2 Å². The number of nitrogens with one attached hydrogen (secondary N) is 1. The van der Waals surface area contributed by atoms with E-state index < -0.39 is 0 Å². The standard InChI is InChI=1S/C15H20BrNO2/c1-2-15(4-3-5-15)9-17-8-11-6-13-14(7-12(11)16)19-10-18-13/h6-7,17H,2-5,8-10H2,1H3. The van der Waals surface area contributed by atoms with Crippen LogP contribution >= 0.6 is 15.9 Å². The maximum Gasteiger partial charge on any atom is 0.231 e. The van der Waals surface area contributed by atoms with Gasteiger partial charge in [-0.05, 0) is 42.4 Å². The molecule has 1 N–H and O–H groups in total. The summed E-state index contributed by atoms with van der Waals surface area (Å²) >= 11 is 3.60. The Kier molecular flexibility index (Phi) is 3.72. The molecule has 1 aliphatic carbocycles. The van der Waals surface area contributed by atoms with Gasteiger partial charge >= 0.3 is 0 Å². The van der Waals surface area contributed by atoms with E-state index >= 15 is 0 Å². The van der Waals surface area contributed by atoms with Gasteiger partial charge in [0.2, 0.25) is 6.79 Å². The number of hydrogen-bond acceptors (Lipinski definition) is 3. The van der Waals surface area contributed by atoms with Gasteiger partial charge in [0.1, 0.15) is 0 Å². The van der Waals surface area contributed by atoms with E-state index in [-0.39, 0.29) is 0 Å². The molecule has 0 radical (unpaired) electrons. The van der Waals surface area contributed by atoms with Crippen LogP contribution in [0.25, 0.3) is 0 Å². The molecule has 2 aliphatic rings. The second-order valence-corrected chi connectivity index (χ2v) is 6.46. The van der Waals surface area contributed by atoms with Crippen molar-refractivity contribution in [2.45, 2.75) is 39.2 Å². The van der Waals surface area contributed by atoms with Crippen LogP contribution in [-0.4, -0.2) is 13.3 Å². The zero-order chi connectivity index (χ0) is 13.3. The molecule has 3 rings (SSSR count). The molecule has 0 spiro atoms. The molecule has 0 amide bonds. The highest BCUT2D eigenvalue weighted by atomic mass is 79.9. The number of ether oxygens (including phenoxy) is 2. The van der Waals surface area contributed by atoms with Crippen molar-refractivity contribution in [3.8, 4) is 11.5 Å². The third-order valence-corrected chi connectivity index (χ3v) is 5.26. The van der Waals surface area contributed by atoms with Gasteiger partial charge in [-0.2, -0.15) is 0 Å². The molecular weight excluding hydrogens is 306 g/mol. The molecule has 1 aromatic carbocycles. The number of hydrogen-bond donors (Lipinski definition) is 1. The molecule has 104 valence electrons. The van der Waals surface area contributed by atoms with E-state index in [4.69, 9.17) is 9.47 Å². The molecule has 1 aliphatic heterocycles. The number of fused-ring (bicyclic) bond motifs is 1. The van der Waals surface area contributed by atoms with Crippen molar-refractivity contribution in [1.29, 1.82) is 0 Å². The maximum atomic E-state index is 5.42. The largest absolute Gasteiger partial charge is 0.454 e. The highest BCUT2D eigenvalue weighted by Gasteiger charge is 2.34. The van der Waals surface area contributed by atoms with Gasteiger partial charge in [-0.1, -0.05) is 29.3 Å². The lowest BCUT2D eigenvalue weighted by Gasteiger charge is -2.41. The second kappa shape index (κ2) is 5.33. The Bertz CT molecular complexity index is 466. The lowest BCUT2D eigenvalue weighted by molar-refractivity contribution is 0.124. The van der Waals surface area contributed by atoms with Crippen molar-refractivity contribution in [3.05, 3.63) is 22.2 Å². The quantitative estimate of drug-likeness (QED) is 0.892. The molecule has 0 unspecified atom stereocenters. The van der Waals surface area contributed by atoms with Gasteiger partial charge < -0.3 is 14.8 Å². The Morgan fingerprint density at radius 3 is 2.63 bits per heavy atom. The second-order valence-electron chi connectivity index (χ2n) is 5.61. The van der Waals surface area contributed by atoms with Crippen LogP contribution in [-0.2, 0) is 6.54 Å². The van der Waals surface area contributed by atoms with Gasteiger partial charge in [0.15, 0.2) is 11.5 Å². The molecule has 0 saturated heterocycles. The van der Waals surface area contributed by atoms with Gasteiger partial charge in [-0.3, -0.25) is 0 Å². The van der Waals surface area contributed by atoms with E-state index in [2.05, 4.69) is 34.2 Å². The Labute approximate surface area is 122 Å². The molecule has 0 aromatic heterocycles. The molecule has 1 saturated carbocycles. The van der Waals surface area contributed by atoms with Crippen LogP contribution in [0.1, 0.15) is 38.2 Å². The Morgan fingerprint density at radius 1 is 1.26 bits per heavy atom. The summed E-state index contributed by atoms with van der Waals surface area (Å²) in [4.78, 5) is 0. The van der Waals surface area contributed by atoms with Gasteiger partial charge in [0.05, 0.1) is 0 Å². The maximum absolute atomic E-state index is 5.42. The van der Waals surface area contributed by atoms with E-state index in [9.17, 15) is 0 Å². The minimum Gasteiger partial charge on any atom is -0.454 e. The van der Waals surface area contributed by atoms with Crippen molar-refractivity contribution in [1.82, 2.24) is 5.32 Å². The van der Waals surface area contributed by atoms with Gasteiger partial charge in [0.25, 0.3) is 0 Å². The average molecular weight is 326 g/mol. The van der Waals surface area contributed by atoms with E-state index in [0.717, 1.165) is 29.1 Å². The third kappa shape index (κ3) is 2.61. The van der Waals surface area contributed by atoms with Crippen molar-refractivity contribution >= 4 is 15.9 Å². The predicted octanol–water partition coefficient (Wildman–Crippen LogP) is 3.85. The Balaban J connectivity index is 1.61. The molecule has 19 heavy (non-hydrogen) atoms. The van der Waals surface area contributed by atoms with Crippen LogP contribution in [0.5, 0.6) is 11.5 Å². The van der Waals surface area contributed by atoms with Crippen molar-refractivity contribution < 1.29 is 9.47 Å². The summed E-state index contributed by atoms with van der Waals surface area (Å²) in [5.74, 6) is 1.69. The van der Waals surface area contributed by atoms with Crippen LogP contribution in [0.2, 0.25) is 0 Å². The predicted molar refractivity (Wildman–Crippen MR) is 78.5 cm³/mol. The lowest BCUT2D eigenvalue weighted by Crippen LogP contribution is -2.39. The molecule has 1 aromatic rings. The first-order valence-electron chi connectivity index (χ1n) is 7.01.